The van der Waals surface area contributed by atoms with E-state index in [4.69, 9.17) is 4.74 Å². The molecule has 0 spiro atoms. The molecule has 1 aliphatic heterocycles. The number of methoxy groups -OCH3 is 1. The van der Waals surface area contributed by atoms with Crippen molar-refractivity contribution in [1.82, 2.24) is 14.5 Å². The quantitative estimate of drug-likeness (QED) is 0.871. The van der Waals surface area contributed by atoms with E-state index in [1.54, 1.807) is 13.3 Å². The van der Waals surface area contributed by atoms with Crippen LogP contribution in [0.15, 0.2) is 36.7 Å². The first kappa shape index (κ1) is 15.7. The molecule has 0 saturated heterocycles. The van der Waals surface area contributed by atoms with Gasteiger partial charge in [-0.3, -0.25) is 9.78 Å². The molecule has 2 aromatic heterocycles. The topological polar surface area (TPSA) is 47.4 Å². The highest BCUT2D eigenvalue weighted by atomic mass is 16.5. The second kappa shape index (κ2) is 6.96. The van der Waals surface area contributed by atoms with E-state index < -0.39 is 0 Å². The lowest BCUT2D eigenvalue weighted by molar-refractivity contribution is 0.0699. The van der Waals surface area contributed by atoms with Crippen molar-refractivity contribution >= 4 is 5.91 Å². The van der Waals surface area contributed by atoms with Crippen molar-refractivity contribution in [2.24, 2.45) is 5.92 Å². The number of aryl methyl sites for hydroxylation is 1. The third-order valence-corrected chi connectivity index (χ3v) is 4.36. The summed E-state index contributed by atoms with van der Waals surface area (Å²) in [5, 5.41) is 0. The monoisotopic (exact) mass is 313 g/mol. The molecule has 1 amide bonds. The molecule has 23 heavy (non-hydrogen) atoms. The molecule has 1 atom stereocenters. The molecule has 1 aliphatic rings. The average molecular weight is 313 g/mol. The SMILES string of the molecule is COCC[C@H]1CN(C(=O)c2ccc(C)cn2)Cc2cccn2C1. The Bertz CT molecular complexity index is 663. The summed E-state index contributed by atoms with van der Waals surface area (Å²) in [6.07, 6.45) is 4.78. The molecule has 0 N–H and O–H groups in total. The minimum absolute atomic E-state index is 0.00191. The first-order chi connectivity index (χ1) is 11.2. The Morgan fingerprint density at radius 1 is 1.35 bits per heavy atom. The predicted molar refractivity (Wildman–Crippen MR) is 88.1 cm³/mol. The second-order valence-electron chi connectivity index (χ2n) is 6.21. The third-order valence-electron chi connectivity index (χ3n) is 4.36. The van der Waals surface area contributed by atoms with Crippen molar-refractivity contribution in [2.45, 2.75) is 26.4 Å². The number of aromatic nitrogens is 2. The van der Waals surface area contributed by atoms with Gasteiger partial charge in [0, 0.05) is 44.9 Å². The van der Waals surface area contributed by atoms with Crippen LogP contribution in [0.1, 0.15) is 28.2 Å². The van der Waals surface area contributed by atoms with Gasteiger partial charge in [0.2, 0.25) is 0 Å². The van der Waals surface area contributed by atoms with Crippen LogP contribution >= 0.6 is 0 Å². The van der Waals surface area contributed by atoms with Crippen LogP contribution in [-0.4, -0.2) is 40.6 Å². The lowest BCUT2D eigenvalue weighted by Gasteiger charge is -2.24. The van der Waals surface area contributed by atoms with Crippen LogP contribution in [0.2, 0.25) is 0 Å². The van der Waals surface area contributed by atoms with Crippen molar-refractivity contribution in [3.63, 3.8) is 0 Å². The fraction of sp³-hybridized carbons (Fsp3) is 0.444. The predicted octanol–water partition coefficient (Wildman–Crippen LogP) is 2.50. The molecule has 3 rings (SSSR count). The molecular formula is C18H23N3O2. The summed E-state index contributed by atoms with van der Waals surface area (Å²) in [7, 11) is 1.72. The lowest BCUT2D eigenvalue weighted by Crippen LogP contribution is -2.34. The molecular weight excluding hydrogens is 290 g/mol. The summed E-state index contributed by atoms with van der Waals surface area (Å²) >= 11 is 0. The maximum absolute atomic E-state index is 12.8. The second-order valence-corrected chi connectivity index (χ2v) is 6.21. The van der Waals surface area contributed by atoms with Crippen LogP contribution in [0.25, 0.3) is 0 Å². The summed E-state index contributed by atoms with van der Waals surface area (Å²) in [4.78, 5) is 19.0. The molecule has 0 radical (unpaired) electrons. The summed E-state index contributed by atoms with van der Waals surface area (Å²) in [5.74, 6) is 0.389. The summed E-state index contributed by atoms with van der Waals surface area (Å²) in [6, 6.07) is 7.87. The summed E-state index contributed by atoms with van der Waals surface area (Å²) in [6.45, 7) is 4.98. The minimum Gasteiger partial charge on any atom is -0.385 e. The van der Waals surface area contributed by atoms with E-state index in [-0.39, 0.29) is 5.91 Å². The largest absolute Gasteiger partial charge is 0.385 e. The Hall–Kier alpha value is -2.14. The number of rotatable bonds is 4. The van der Waals surface area contributed by atoms with Gasteiger partial charge >= 0.3 is 0 Å². The molecule has 0 aliphatic carbocycles. The number of amides is 1. The number of nitrogens with zero attached hydrogens (tertiary/aromatic N) is 3. The van der Waals surface area contributed by atoms with E-state index in [1.807, 2.05) is 30.0 Å². The number of fused-ring (bicyclic) bond motifs is 1. The van der Waals surface area contributed by atoms with Crippen molar-refractivity contribution in [1.29, 1.82) is 0 Å². The molecule has 0 bridgehead atoms. The fourth-order valence-corrected chi connectivity index (χ4v) is 3.06. The highest BCUT2D eigenvalue weighted by Gasteiger charge is 2.26. The number of hydrogen-bond acceptors (Lipinski definition) is 3. The molecule has 5 heteroatoms. The molecule has 5 nitrogen and oxygen atoms in total. The van der Waals surface area contributed by atoms with Crippen LogP contribution < -0.4 is 0 Å². The Kier molecular flexibility index (Phi) is 4.76. The van der Waals surface area contributed by atoms with Crippen molar-refractivity contribution in [3.05, 3.63) is 53.6 Å². The first-order valence-corrected chi connectivity index (χ1v) is 8.02. The molecule has 2 aromatic rings. The number of carbonyl (C=O) groups is 1. The molecule has 0 saturated carbocycles. The van der Waals surface area contributed by atoms with Gasteiger partial charge in [-0.05, 0) is 43.0 Å². The Morgan fingerprint density at radius 2 is 2.22 bits per heavy atom. The first-order valence-electron chi connectivity index (χ1n) is 8.02. The van der Waals surface area contributed by atoms with Gasteiger partial charge in [0.25, 0.3) is 5.91 Å². The van der Waals surface area contributed by atoms with E-state index >= 15 is 0 Å². The zero-order valence-corrected chi connectivity index (χ0v) is 13.7. The standard InChI is InChI=1S/C18H23N3O2/c1-14-5-6-17(19-10-14)18(22)21-12-15(7-9-23-2)11-20-8-3-4-16(20)13-21/h3-6,8,10,15H,7,9,11-13H2,1-2H3/t15-/m1/s1. The minimum atomic E-state index is 0.00191. The van der Waals surface area contributed by atoms with Crippen LogP contribution in [0.4, 0.5) is 0 Å². The Morgan fingerprint density at radius 3 is 2.96 bits per heavy atom. The maximum Gasteiger partial charge on any atom is 0.272 e. The van der Waals surface area contributed by atoms with E-state index in [9.17, 15) is 4.79 Å². The van der Waals surface area contributed by atoms with Crippen molar-refractivity contribution < 1.29 is 9.53 Å². The maximum atomic E-state index is 12.8. The van der Waals surface area contributed by atoms with Gasteiger partial charge in [0.15, 0.2) is 0 Å². The molecule has 3 heterocycles. The summed E-state index contributed by atoms with van der Waals surface area (Å²) < 4.78 is 7.47. The number of hydrogen-bond donors (Lipinski definition) is 0. The molecule has 122 valence electrons. The average Bonchev–Trinajstić information content (AvgIpc) is 2.91. The smallest absolute Gasteiger partial charge is 0.272 e. The molecule has 0 fully saturated rings. The number of carbonyl (C=O) groups excluding carboxylic acids is 1. The third kappa shape index (κ3) is 3.62. The van der Waals surface area contributed by atoms with E-state index in [2.05, 4.69) is 21.8 Å². The van der Waals surface area contributed by atoms with Gasteiger partial charge < -0.3 is 14.2 Å². The lowest BCUT2D eigenvalue weighted by atomic mass is 10.1. The van der Waals surface area contributed by atoms with Crippen molar-refractivity contribution in [3.8, 4) is 0 Å². The van der Waals surface area contributed by atoms with E-state index in [1.165, 1.54) is 5.69 Å². The van der Waals surface area contributed by atoms with Gasteiger partial charge in [-0.15, -0.1) is 0 Å². The van der Waals surface area contributed by atoms with Crippen LogP contribution in [-0.2, 0) is 17.8 Å². The van der Waals surface area contributed by atoms with Gasteiger partial charge in [0.05, 0.1) is 6.54 Å². The van der Waals surface area contributed by atoms with E-state index in [0.717, 1.165) is 25.1 Å². The number of ether oxygens (including phenoxy) is 1. The van der Waals surface area contributed by atoms with Crippen LogP contribution in [0.3, 0.4) is 0 Å². The Labute approximate surface area is 136 Å². The molecule has 0 aromatic carbocycles. The van der Waals surface area contributed by atoms with E-state index in [0.29, 0.717) is 24.8 Å². The van der Waals surface area contributed by atoms with Gasteiger partial charge in [-0.2, -0.15) is 0 Å². The fourth-order valence-electron chi connectivity index (χ4n) is 3.06. The van der Waals surface area contributed by atoms with Gasteiger partial charge in [0.1, 0.15) is 5.69 Å². The summed E-state index contributed by atoms with van der Waals surface area (Å²) in [5.41, 5.74) is 2.75. The van der Waals surface area contributed by atoms with Crippen molar-refractivity contribution in [2.75, 3.05) is 20.3 Å². The van der Waals surface area contributed by atoms with Gasteiger partial charge in [-0.1, -0.05) is 6.07 Å². The van der Waals surface area contributed by atoms with Crippen LogP contribution in [0.5, 0.6) is 0 Å². The number of pyridine rings is 1. The normalized spacial score (nSPS) is 17.7. The highest BCUT2D eigenvalue weighted by molar-refractivity contribution is 5.92. The highest BCUT2D eigenvalue weighted by Crippen LogP contribution is 2.21. The van der Waals surface area contributed by atoms with Gasteiger partial charge in [-0.25, -0.2) is 0 Å². The van der Waals surface area contributed by atoms with Crippen LogP contribution in [0, 0.1) is 12.8 Å². The Balaban J connectivity index is 1.82. The zero-order chi connectivity index (χ0) is 16.2. The zero-order valence-electron chi connectivity index (χ0n) is 13.7. The molecule has 0 unspecified atom stereocenters.